The second-order valence-corrected chi connectivity index (χ2v) is 5.12. The van der Waals surface area contributed by atoms with Gasteiger partial charge in [0.2, 0.25) is 0 Å². The smallest absolute Gasteiger partial charge is 0.183 e. The third-order valence-corrected chi connectivity index (χ3v) is 3.19. The Balaban J connectivity index is 1.90. The number of fused-ring (bicyclic) bond motifs is 1. The topological polar surface area (TPSA) is 70.0 Å². The lowest BCUT2D eigenvalue weighted by Gasteiger charge is -2.15. The van der Waals surface area contributed by atoms with Crippen molar-refractivity contribution in [2.75, 3.05) is 13.2 Å². The van der Waals surface area contributed by atoms with E-state index >= 15 is 0 Å². The van der Waals surface area contributed by atoms with Crippen LogP contribution in [0.5, 0.6) is 5.75 Å². The van der Waals surface area contributed by atoms with E-state index < -0.39 is 0 Å². The summed E-state index contributed by atoms with van der Waals surface area (Å²) in [7, 11) is 0. The Labute approximate surface area is 128 Å². The molecule has 1 aromatic heterocycles. The average molecular weight is 300 g/mol. The van der Waals surface area contributed by atoms with Crippen molar-refractivity contribution in [1.82, 2.24) is 15.6 Å². The lowest BCUT2D eigenvalue weighted by atomic mass is 10.1. The maximum Gasteiger partial charge on any atom is 0.183 e. The molecule has 1 unspecified atom stereocenters. The highest BCUT2D eigenvalue weighted by Gasteiger charge is 2.06. The van der Waals surface area contributed by atoms with Gasteiger partial charge in [0.15, 0.2) is 11.3 Å². The van der Waals surface area contributed by atoms with Crippen LogP contribution in [0.25, 0.3) is 10.8 Å². The zero-order valence-electron chi connectivity index (χ0n) is 11.7. The molecule has 5 nitrogen and oxygen atoms in total. The molecular weight excluding hydrogens is 284 g/mol. The number of pyridine rings is 1. The maximum atomic E-state index is 8.44. The molecule has 2 aromatic rings. The molecule has 0 saturated carbocycles. The first-order chi connectivity index (χ1) is 10.2. The van der Waals surface area contributed by atoms with Crippen molar-refractivity contribution in [2.24, 2.45) is 5.92 Å². The molecule has 0 aliphatic carbocycles. The summed E-state index contributed by atoms with van der Waals surface area (Å²) in [6.45, 7) is 3.25. The van der Waals surface area contributed by atoms with Crippen molar-refractivity contribution in [2.45, 2.75) is 6.92 Å². The van der Waals surface area contributed by atoms with E-state index in [2.05, 4.69) is 22.5 Å². The number of nitriles is 1. The van der Waals surface area contributed by atoms with Crippen LogP contribution in [-0.4, -0.2) is 23.2 Å². The minimum atomic E-state index is 0.250. The highest BCUT2D eigenvalue weighted by atomic mass is 32.1. The van der Waals surface area contributed by atoms with Crippen LogP contribution < -0.4 is 15.4 Å². The van der Waals surface area contributed by atoms with Crippen molar-refractivity contribution in [1.29, 1.82) is 5.26 Å². The molecule has 0 spiro atoms. The summed E-state index contributed by atoms with van der Waals surface area (Å²) in [5, 5.41) is 16.2. The standard InChI is InChI=1S/C15H16N4OS/c1-11(7-18-15(21)19-10-16)9-20-14-4-2-3-12-8-17-6-5-13(12)14/h2-6,8,11H,7,9H2,1H3,(H2,18,19,21). The largest absolute Gasteiger partial charge is 0.493 e. The van der Waals surface area contributed by atoms with Crippen LogP contribution in [0.1, 0.15) is 6.92 Å². The quantitative estimate of drug-likeness (QED) is 0.501. The van der Waals surface area contributed by atoms with E-state index in [1.807, 2.05) is 30.5 Å². The summed E-state index contributed by atoms with van der Waals surface area (Å²) in [5.74, 6) is 1.10. The average Bonchev–Trinajstić information content (AvgIpc) is 2.51. The molecule has 0 aliphatic rings. The molecule has 0 saturated heterocycles. The predicted octanol–water partition coefficient (Wildman–Crippen LogP) is 2.19. The molecule has 108 valence electrons. The molecule has 0 aliphatic heterocycles. The summed E-state index contributed by atoms with van der Waals surface area (Å²) < 4.78 is 5.88. The van der Waals surface area contributed by atoms with Gasteiger partial charge in [0.25, 0.3) is 0 Å². The van der Waals surface area contributed by atoms with Crippen LogP contribution in [0.2, 0.25) is 0 Å². The van der Waals surface area contributed by atoms with Gasteiger partial charge in [-0.3, -0.25) is 10.3 Å². The number of thiocarbonyl (C=S) groups is 1. The van der Waals surface area contributed by atoms with Crippen LogP contribution in [0.3, 0.4) is 0 Å². The summed E-state index contributed by atoms with van der Waals surface area (Å²) in [5.41, 5.74) is 0. The van der Waals surface area contributed by atoms with Crippen molar-refractivity contribution in [3.05, 3.63) is 36.7 Å². The minimum Gasteiger partial charge on any atom is -0.493 e. The number of nitrogens with one attached hydrogen (secondary N) is 2. The molecule has 1 aromatic carbocycles. The highest BCUT2D eigenvalue weighted by Crippen LogP contribution is 2.24. The molecule has 1 heterocycles. The fourth-order valence-electron chi connectivity index (χ4n) is 1.87. The van der Waals surface area contributed by atoms with Gasteiger partial charge in [0, 0.05) is 35.6 Å². The molecule has 0 radical (unpaired) electrons. The number of rotatable bonds is 5. The van der Waals surface area contributed by atoms with Crippen LogP contribution >= 0.6 is 12.2 Å². The molecule has 0 amide bonds. The summed E-state index contributed by atoms with van der Waals surface area (Å²) in [6, 6.07) is 7.85. The zero-order valence-corrected chi connectivity index (χ0v) is 12.5. The Morgan fingerprint density at radius 1 is 1.48 bits per heavy atom. The summed E-state index contributed by atoms with van der Waals surface area (Å²) in [4.78, 5) is 4.10. The fourth-order valence-corrected chi connectivity index (χ4v) is 2.00. The first-order valence-corrected chi connectivity index (χ1v) is 7.00. The molecule has 0 fully saturated rings. The van der Waals surface area contributed by atoms with E-state index in [-0.39, 0.29) is 5.92 Å². The van der Waals surface area contributed by atoms with Crippen LogP contribution in [0.4, 0.5) is 0 Å². The van der Waals surface area contributed by atoms with Crippen molar-refractivity contribution in [3.63, 3.8) is 0 Å². The number of hydrogen-bond acceptors (Lipinski definition) is 4. The highest BCUT2D eigenvalue weighted by molar-refractivity contribution is 7.80. The van der Waals surface area contributed by atoms with Gasteiger partial charge in [-0.15, -0.1) is 0 Å². The second-order valence-electron chi connectivity index (χ2n) is 4.72. The first-order valence-electron chi connectivity index (χ1n) is 6.59. The fraction of sp³-hybridized carbons (Fsp3) is 0.267. The lowest BCUT2D eigenvalue weighted by molar-refractivity contribution is 0.263. The van der Waals surface area contributed by atoms with Gasteiger partial charge in [0.05, 0.1) is 6.61 Å². The van der Waals surface area contributed by atoms with Gasteiger partial charge in [0.1, 0.15) is 5.75 Å². The third-order valence-electron chi connectivity index (χ3n) is 2.94. The molecule has 6 heteroatoms. The van der Waals surface area contributed by atoms with Crippen molar-refractivity contribution >= 4 is 28.1 Å². The molecule has 2 N–H and O–H groups in total. The Morgan fingerprint density at radius 3 is 3.14 bits per heavy atom. The van der Waals surface area contributed by atoms with Gasteiger partial charge < -0.3 is 10.1 Å². The van der Waals surface area contributed by atoms with E-state index in [0.29, 0.717) is 18.3 Å². The minimum absolute atomic E-state index is 0.250. The third kappa shape index (κ3) is 4.29. The molecular formula is C15H16N4OS. The van der Waals surface area contributed by atoms with Gasteiger partial charge >= 0.3 is 0 Å². The molecule has 2 rings (SSSR count). The van der Waals surface area contributed by atoms with Crippen molar-refractivity contribution < 1.29 is 4.74 Å². The van der Waals surface area contributed by atoms with E-state index in [1.165, 1.54) is 0 Å². The normalized spacial score (nSPS) is 11.4. The zero-order chi connectivity index (χ0) is 15.1. The number of nitrogens with zero attached hydrogens (tertiary/aromatic N) is 2. The van der Waals surface area contributed by atoms with Crippen molar-refractivity contribution in [3.8, 4) is 11.9 Å². The number of aromatic nitrogens is 1. The van der Waals surface area contributed by atoms with E-state index in [4.69, 9.17) is 22.2 Å². The Bertz CT molecular complexity index is 663. The summed E-state index contributed by atoms with van der Waals surface area (Å²) in [6.07, 6.45) is 5.35. The van der Waals surface area contributed by atoms with Gasteiger partial charge in [-0.05, 0) is 24.4 Å². The van der Waals surface area contributed by atoms with E-state index in [0.717, 1.165) is 16.5 Å². The van der Waals surface area contributed by atoms with E-state index in [1.54, 1.807) is 12.4 Å². The SMILES string of the molecule is CC(CNC(=S)NC#N)COc1cccc2cnccc12. The monoisotopic (exact) mass is 300 g/mol. The predicted molar refractivity (Wildman–Crippen MR) is 85.8 cm³/mol. The Morgan fingerprint density at radius 2 is 2.33 bits per heavy atom. The maximum absolute atomic E-state index is 8.44. The lowest BCUT2D eigenvalue weighted by Crippen LogP contribution is -2.36. The van der Waals surface area contributed by atoms with Crippen LogP contribution in [0, 0.1) is 17.4 Å². The Hall–Kier alpha value is -2.39. The number of ether oxygens (including phenoxy) is 1. The van der Waals surface area contributed by atoms with Crippen LogP contribution in [0.15, 0.2) is 36.7 Å². The van der Waals surface area contributed by atoms with E-state index in [9.17, 15) is 0 Å². The summed E-state index contributed by atoms with van der Waals surface area (Å²) >= 11 is 4.92. The number of benzene rings is 1. The van der Waals surface area contributed by atoms with Crippen LogP contribution in [-0.2, 0) is 0 Å². The Kier molecular flexibility index (Phi) is 5.29. The second kappa shape index (κ2) is 7.41. The number of hydrogen-bond donors (Lipinski definition) is 2. The van der Waals surface area contributed by atoms with Gasteiger partial charge in [-0.1, -0.05) is 19.1 Å². The van der Waals surface area contributed by atoms with Gasteiger partial charge in [-0.25, -0.2) is 0 Å². The molecule has 1 atom stereocenters. The van der Waals surface area contributed by atoms with Gasteiger partial charge in [-0.2, -0.15) is 5.26 Å². The molecule has 0 bridgehead atoms. The molecule has 21 heavy (non-hydrogen) atoms. The first kappa shape index (κ1) is 15.0.